The molecule has 2 N–H and O–H groups in total. The van der Waals surface area contributed by atoms with E-state index in [1.54, 1.807) is 11.8 Å². The van der Waals surface area contributed by atoms with Crippen molar-refractivity contribution < 1.29 is 9.90 Å². The molecule has 1 aliphatic heterocycles. The van der Waals surface area contributed by atoms with Crippen LogP contribution in [0, 0.1) is 0 Å². The molecule has 1 atom stereocenters. The van der Waals surface area contributed by atoms with Gasteiger partial charge in [-0.1, -0.05) is 49.6 Å². The van der Waals surface area contributed by atoms with Crippen molar-refractivity contribution in [2.45, 2.75) is 74.7 Å². The summed E-state index contributed by atoms with van der Waals surface area (Å²) in [7, 11) is 0. The second-order valence-corrected chi connectivity index (χ2v) is 8.81. The number of aliphatic hydroxyl groups is 1. The molecule has 3 rings (SSSR count). The highest BCUT2D eigenvalue weighted by Gasteiger charge is 2.40. The minimum Gasteiger partial charge on any atom is -0.390 e. The number of benzene rings is 1. The van der Waals surface area contributed by atoms with Crippen LogP contribution in [0.5, 0.6) is 0 Å². The van der Waals surface area contributed by atoms with Gasteiger partial charge in [0.1, 0.15) is 0 Å². The maximum absolute atomic E-state index is 11.8. The summed E-state index contributed by atoms with van der Waals surface area (Å²) in [4.78, 5) is 11.7. The van der Waals surface area contributed by atoms with Gasteiger partial charge in [-0.25, -0.2) is 0 Å². The molecular formula is C20H29NO2S. The minimum atomic E-state index is -0.501. The molecule has 1 saturated heterocycles. The fourth-order valence-electron chi connectivity index (χ4n) is 4.04. The minimum absolute atomic E-state index is 0.148. The Morgan fingerprint density at radius 2 is 1.79 bits per heavy atom. The van der Waals surface area contributed by atoms with E-state index in [9.17, 15) is 9.90 Å². The van der Waals surface area contributed by atoms with Gasteiger partial charge in [-0.3, -0.25) is 4.79 Å². The van der Waals surface area contributed by atoms with Crippen molar-refractivity contribution in [3.63, 3.8) is 0 Å². The molecule has 1 amide bonds. The van der Waals surface area contributed by atoms with Crippen molar-refractivity contribution in [3.8, 4) is 0 Å². The molecule has 4 heteroatoms. The SMILES string of the molecule is O=C1CSC(CCCc2ccccc2)(CCC2(O)CCCCC2)N1. The lowest BCUT2D eigenvalue weighted by Crippen LogP contribution is -2.42. The second kappa shape index (κ2) is 7.92. The first-order valence-corrected chi connectivity index (χ1v) is 10.3. The summed E-state index contributed by atoms with van der Waals surface area (Å²) in [5.74, 6) is 0.708. The van der Waals surface area contributed by atoms with Crippen LogP contribution in [0.4, 0.5) is 0 Å². The molecule has 1 saturated carbocycles. The summed E-state index contributed by atoms with van der Waals surface area (Å²) in [5.41, 5.74) is 0.853. The number of rotatable bonds is 7. The van der Waals surface area contributed by atoms with Crippen LogP contribution in [0.25, 0.3) is 0 Å². The van der Waals surface area contributed by atoms with E-state index in [0.717, 1.165) is 57.8 Å². The Hall–Kier alpha value is -1.00. The highest BCUT2D eigenvalue weighted by Crippen LogP contribution is 2.41. The summed E-state index contributed by atoms with van der Waals surface area (Å²) in [6.45, 7) is 0. The van der Waals surface area contributed by atoms with Gasteiger partial charge in [-0.05, 0) is 50.5 Å². The number of amides is 1. The smallest absolute Gasteiger partial charge is 0.231 e. The predicted octanol–water partition coefficient (Wildman–Crippen LogP) is 4.04. The van der Waals surface area contributed by atoms with Crippen molar-refractivity contribution in [2.75, 3.05) is 5.75 Å². The first kappa shape index (κ1) is 17.8. The third-order valence-electron chi connectivity index (χ3n) is 5.51. The van der Waals surface area contributed by atoms with Gasteiger partial charge >= 0.3 is 0 Å². The molecule has 2 aliphatic rings. The molecule has 1 aliphatic carbocycles. The van der Waals surface area contributed by atoms with Gasteiger partial charge in [0, 0.05) is 0 Å². The summed E-state index contributed by atoms with van der Waals surface area (Å²) in [5, 5.41) is 14.0. The Morgan fingerprint density at radius 3 is 2.46 bits per heavy atom. The number of hydrogen-bond donors (Lipinski definition) is 2. The van der Waals surface area contributed by atoms with Gasteiger partial charge in [0.15, 0.2) is 0 Å². The van der Waals surface area contributed by atoms with Gasteiger partial charge in [-0.2, -0.15) is 0 Å². The molecular weight excluding hydrogens is 318 g/mol. The largest absolute Gasteiger partial charge is 0.390 e. The lowest BCUT2D eigenvalue weighted by Gasteiger charge is -2.36. The molecule has 3 nitrogen and oxygen atoms in total. The van der Waals surface area contributed by atoms with Crippen LogP contribution in [-0.2, 0) is 11.2 Å². The molecule has 132 valence electrons. The molecule has 1 aromatic carbocycles. The second-order valence-electron chi connectivity index (χ2n) is 7.46. The summed E-state index contributed by atoms with van der Waals surface area (Å²) in [6.07, 6.45) is 10.1. The Kier molecular flexibility index (Phi) is 5.88. The summed E-state index contributed by atoms with van der Waals surface area (Å²) in [6, 6.07) is 10.5. The van der Waals surface area contributed by atoms with E-state index in [4.69, 9.17) is 0 Å². The topological polar surface area (TPSA) is 49.3 Å². The van der Waals surface area contributed by atoms with Crippen LogP contribution in [-0.4, -0.2) is 27.2 Å². The fraction of sp³-hybridized carbons (Fsp3) is 0.650. The van der Waals surface area contributed by atoms with E-state index < -0.39 is 5.60 Å². The zero-order valence-corrected chi connectivity index (χ0v) is 15.2. The number of carbonyl (C=O) groups is 1. The maximum Gasteiger partial charge on any atom is 0.231 e. The van der Waals surface area contributed by atoms with Crippen LogP contribution in [0.3, 0.4) is 0 Å². The lowest BCUT2D eigenvalue weighted by molar-refractivity contribution is -0.119. The van der Waals surface area contributed by atoms with Crippen molar-refractivity contribution in [3.05, 3.63) is 35.9 Å². The van der Waals surface area contributed by atoms with E-state index in [0.29, 0.717) is 5.75 Å². The van der Waals surface area contributed by atoms with Gasteiger partial charge in [0.2, 0.25) is 5.91 Å². The van der Waals surface area contributed by atoms with Gasteiger partial charge in [-0.15, -0.1) is 11.8 Å². The number of aryl methyl sites for hydroxylation is 1. The average Bonchev–Trinajstić information content (AvgIpc) is 2.97. The van der Waals surface area contributed by atoms with Gasteiger partial charge in [0.25, 0.3) is 0 Å². The van der Waals surface area contributed by atoms with Crippen molar-refractivity contribution in [2.24, 2.45) is 0 Å². The lowest BCUT2D eigenvalue weighted by atomic mass is 9.80. The Morgan fingerprint density at radius 1 is 1.04 bits per heavy atom. The molecule has 0 spiro atoms. The third-order valence-corrected chi connectivity index (χ3v) is 6.98. The van der Waals surface area contributed by atoms with Gasteiger partial charge < -0.3 is 10.4 Å². The van der Waals surface area contributed by atoms with E-state index in [1.165, 1.54) is 12.0 Å². The monoisotopic (exact) mass is 347 g/mol. The van der Waals surface area contributed by atoms with E-state index in [2.05, 4.69) is 29.6 Å². The van der Waals surface area contributed by atoms with Crippen LogP contribution < -0.4 is 5.32 Å². The van der Waals surface area contributed by atoms with Crippen LogP contribution in [0.2, 0.25) is 0 Å². The Bertz CT molecular complexity index is 542. The summed E-state index contributed by atoms with van der Waals surface area (Å²) >= 11 is 1.75. The number of nitrogens with one attached hydrogen (secondary N) is 1. The first-order chi connectivity index (χ1) is 11.6. The third kappa shape index (κ3) is 4.76. The highest BCUT2D eigenvalue weighted by molar-refractivity contribution is 8.01. The van der Waals surface area contributed by atoms with Gasteiger partial charge in [0.05, 0.1) is 16.2 Å². The molecule has 0 aromatic heterocycles. The van der Waals surface area contributed by atoms with Crippen molar-refractivity contribution in [1.29, 1.82) is 0 Å². The van der Waals surface area contributed by atoms with E-state index in [-0.39, 0.29) is 10.8 Å². The number of carbonyl (C=O) groups excluding carboxylic acids is 1. The molecule has 1 unspecified atom stereocenters. The Labute approximate surface area is 149 Å². The maximum atomic E-state index is 11.8. The normalized spacial score (nSPS) is 26.3. The zero-order valence-electron chi connectivity index (χ0n) is 14.4. The zero-order chi connectivity index (χ0) is 16.9. The molecule has 0 radical (unpaired) electrons. The van der Waals surface area contributed by atoms with Crippen LogP contribution in [0.1, 0.15) is 63.4 Å². The highest BCUT2D eigenvalue weighted by atomic mass is 32.2. The standard InChI is InChI=1S/C20H29NO2S/c22-18-16-24-20(21-18,13-7-10-17-8-3-1-4-9-17)15-14-19(23)11-5-2-6-12-19/h1,3-4,8-9,23H,2,5-7,10-16H2,(H,21,22). The number of thioether (sulfide) groups is 1. The molecule has 0 bridgehead atoms. The first-order valence-electron chi connectivity index (χ1n) is 9.31. The van der Waals surface area contributed by atoms with Crippen molar-refractivity contribution >= 4 is 17.7 Å². The predicted molar refractivity (Wildman–Crippen MR) is 100.0 cm³/mol. The molecule has 1 aromatic rings. The van der Waals surface area contributed by atoms with Crippen molar-refractivity contribution in [1.82, 2.24) is 5.32 Å². The molecule has 24 heavy (non-hydrogen) atoms. The average molecular weight is 348 g/mol. The van der Waals surface area contributed by atoms with Crippen LogP contribution in [0.15, 0.2) is 30.3 Å². The quantitative estimate of drug-likeness (QED) is 0.782. The Balaban J connectivity index is 1.55. The molecule has 1 heterocycles. The van der Waals surface area contributed by atoms with E-state index in [1.807, 2.05) is 6.07 Å². The fourth-order valence-corrected chi connectivity index (χ4v) is 5.24. The van der Waals surface area contributed by atoms with E-state index >= 15 is 0 Å². The summed E-state index contributed by atoms with van der Waals surface area (Å²) < 4.78 is 0. The van der Waals surface area contributed by atoms with Crippen LogP contribution >= 0.6 is 11.8 Å². The number of hydrogen-bond acceptors (Lipinski definition) is 3. The molecule has 2 fully saturated rings.